The molecule has 2 aliphatic rings. The Balaban J connectivity index is 0.000000237. The number of ether oxygens (including phenoxy) is 4. The zero-order chi connectivity index (χ0) is 43.3. The van der Waals surface area contributed by atoms with Crippen molar-refractivity contribution in [2.45, 2.75) is 90.2 Å². The molecule has 312 valence electrons. The van der Waals surface area contributed by atoms with Gasteiger partial charge < -0.3 is 45.7 Å². The number of hydrogen-bond acceptors (Lipinski definition) is 17. The minimum atomic E-state index is -1.55. The zero-order valence-electron chi connectivity index (χ0n) is 32.4. The van der Waals surface area contributed by atoms with Crippen molar-refractivity contribution in [1.82, 2.24) is 39.0 Å². The van der Waals surface area contributed by atoms with Gasteiger partial charge in [0, 0.05) is 12.8 Å². The summed E-state index contributed by atoms with van der Waals surface area (Å²) in [5.74, 6) is 1.77. The van der Waals surface area contributed by atoms with Gasteiger partial charge in [0.05, 0.1) is 37.0 Å². The SMILES string of the molecule is C#C[C@]1(CO)O[C@@H](n2cnc3c(N)nc(F)nc32)C[C@@H]1O.C#C[C@]1(COC(=O)C(C)C)O[C@@H](n2cnc3c(N)nc(F)nc32)C[C@@H]1OC(=O)C(C)C.CC(C)C(=O)O. The second-order valence-corrected chi connectivity index (χ2v) is 14.1. The topological polar surface area (TPSA) is 288 Å². The van der Waals surface area contributed by atoms with Crippen molar-refractivity contribution in [1.29, 1.82) is 0 Å². The molecule has 22 heteroatoms. The highest BCUT2D eigenvalue weighted by Gasteiger charge is 2.53. The number of anilines is 2. The van der Waals surface area contributed by atoms with Crippen LogP contribution in [0.5, 0.6) is 0 Å². The summed E-state index contributed by atoms with van der Waals surface area (Å²) < 4.78 is 52.4. The molecule has 0 aromatic carbocycles. The number of hydrogen-bond donors (Lipinski definition) is 5. The van der Waals surface area contributed by atoms with Gasteiger partial charge in [-0.25, -0.2) is 9.97 Å². The van der Waals surface area contributed by atoms with E-state index in [1.165, 1.54) is 21.8 Å². The molecule has 0 aliphatic carbocycles. The van der Waals surface area contributed by atoms with Crippen LogP contribution in [0.1, 0.15) is 66.8 Å². The lowest BCUT2D eigenvalue weighted by Crippen LogP contribution is -2.46. The van der Waals surface area contributed by atoms with Crippen LogP contribution in [-0.4, -0.2) is 109 Å². The molecular weight excluding hydrogens is 770 g/mol. The van der Waals surface area contributed by atoms with E-state index in [1.54, 1.807) is 41.5 Å². The van der Waals surface area contributed by atoms with E-state index in [4.69, 9.17) is 48.4 Å². The van der Waals surface area contributed by atoms with Gasteiger partial charge in [-0.2, -0.15) is 28.7 Å². The number of terminal acetylenes is 2. The predicted octanol–water partition coefficient (Wildman–Crippen LogP) is 1.52. The van der Waals surface area contributed by atoms with Crippen LogP contribution in [0.2, 0.25) is 0 Å². The fourth-order valence-electron chi connectivity index (χ4n) is 5.45. The summed E-state index contributed by atoms with van der Waals surface area (Å²) in [6.07, 6.45) is 8.37. The summed E-state index contributed by atoms with van der Waals surface area (Å²) in [7, 11) is 0. The van der Waals surface area contributed by atoms with Gasteiger partial charge in [-0.3, -0.25) is 23.5 Å². The highest BCUT2D eigenvalue weighted by molar-refractivity contribution is 5.82. The van der Waals surface area contributed by atoms with Gasteiger partial charge in [-0.05, 0) is 0 Å². The Bertz CT molecular complexity index is 2240. The number of carboxylic acids is 1. The van der Waals surface area contributed by atoms with Crippen molar-refractivity contribution in [2.75, 3.05) is 24.7 Å². The molecule has 6 rings (SSSR count). The number of carbonyl (C=O) groups is 3. The number of aliphatic hydroxyl groups is 2. The van der Waals surface area contributed by atoms with Crippen LogP contribution >= 0.6 is 0 Å². The molecule has 2 saturated heterocycles. The molecule has 2 aliphatic heterocycles. The van der Waals surface area contributed by atoms with E-state index in [1.807, 2.05) is 0 Å². The van der Waals surface area contributed by atoms with Crippen molar-refractivity contribution in [3.8, 4) is 24.7 Å². The maximum atomic E-state index is 13.7. The molecule has 0 spiro atoms. The molecule has 2 fully saturated rings. The third-order valence-electron chi connectivity index (χ3n) is 8.90. The molecule has 0 radical (unpaired) electrons. The highest BCUT2D eigenvalue weighted by atomic mass is 19.1. The Morgan fingerprint density at radius 3 is 1.69 bits per heavy atom. The van der Waals surface area contributed by atoms with Gasteiger partial charge >= 0.3 is 30.1 Å². The molecule has 0 unspecified atom stereocenters. The molecule has 6 atom stereocenters. The van der Waals surface area contributed by atoms with Gasteiger partial charge in [-0.15, -0.1) is 12.8 Å². The minimum absolute atomic E-state index is 0.0935. The molecular formula is C36H44F2N10O10. The average molecular weight is 815 g/mol. The first-order chi connectivity index (χ1) is 27.2. The smallest absolute Gasteiger partial charge is 0.312 e. The first-order valence-electron chi connectivity index (χ1n) is 17.7. The number of nitrogens with zero attached hydrogens (tertiary/aromatic N) is 8. The minimum Gasteiger partial charge on any atom is -0.481 e. The Morgan fingerprint density at radius 2 is 1.29 bits per heavy atom. The third kappa shape index (κ3) is 9.37. The molecule has 4 aromatic rings. The number of imidazole rings is 2. The van der Waals surface area contributed by atoms with Crippen LogP contribution < -0.4 is 11.5 Å². The fraction of sp³-hybridized carbons (Fsp3) is 0.528. The van der Waals surface area contributed by atoms with E-state index in [2.05, 4.69) is 41.7 Å². The highest BCUT2D eigenvalue weighted by Crippen LogP contribution is 2.41. The first-order valence-corrected chi connectivity index (χ1v) is 17.7. The lowest BCUT2D eigenvalue weighted by atomic mass is 9.98. The second kappa shape index (κ2) is 18.0. The van der Waals surface area contributed by atoms with Crippen molar-refractivity contribution >= 4 is 51.9 Å². The Kier molecular flexibility index (Phi) is 13.9. The molecule has 7 N–H and O–H groups in total. The first kappa shape index (κ1) is 44.6. The van der Waals surface area contributed by atoms with E-state index < -0.39 is 78.5 Å². The van der Waals surface area contributed by atoms with E-state index in [0.717, 1.165) is 0 Å². The van der Waals surface area contributed by atoms with Gasteiger partial charge in [0.1, 0.15) is 31.3 Å². The Morgan fingerprint density at radius 1 is 0.845 bits per heavy atom. The summed E-state index contributed by atoms with van der Waals surface area (Å²) in [4.78, 5) is 56.3. The summed E-state index contributed by atoms with van der Waals surface area (Å²) >= 11 is 0. The number of esters is 2. The van der Waals surface area contributed by atoms with Gasteiger partial charge in [0.15, 0.2) is 39.6 Å². The quantitative estimate of drug-likeness (QED) is 0.0909. The van der Waals surface area contributed by atoms with Gasteiger partial charge in [-0.1, -0.05) is 53.4 Å². The number of aliphatic carboxylic acids is 1. The maximum absolute atomic E-state index is 13.7. The second-order valence-electron chi connectivity index (χ2n) is 14.1. The van der Waals surface area contributed by atoms with Crippen LogP contribution in [0.3, 0.4) is 0 Å². The van der Waals surface area contributed by atoms with Crippen LogP contribution in [0.15, 0.2) is 12.7 Å². The predicted molar refractivity (Wildman–Crippen MR) is 198 cm³/mol. The number of carboxylic acid groups (broad SMARTS) is 1. The summed E-state index contributed by atoms with van der Waals surface area (Å²) in [6, 6.07) is 0. The lowest BCUT2D eigenvalue weighted by molar-refractivity contribution is -0.170. The molecule has 6 heterocycles. The Hall–Kier alpha value is -6.07. The summed E-state index contributed by atoms with van der Waals surface area (Å²) in [5, 5.41) is 27.3. The molecule has 0 saturated carbocycles. The van der Waals surface area contributed by atoms with Crippen molar-refractivity contribution in [3.05, 3.63) is 24.8 Å². The molecule has 0 bridgehead atoms. The van der Waals surface area contributed by atoms with E-state index in [9.17, 15) is 33.4 Å². The standard InChI is InChI=1S/C20H24FN5O5.C12H12FN5O3.C4H8O2/c1-6-20(8-29-17(27)10(2)3)12(30-18(28)11(4)5)7-13(31-20)26-9-23-14-15(22)24-19(21)25-16(14)26;1-2-12(4-19)6(20)3-7(21-12)18-5-15-8-9(14)16-11(13)17-10(8)18;1-3(2)4(5)6/h1,9-13H,7-8H2,2-5H3,(H2,22,24,25);1,5-7,19-20H,3-4H2,(H2,14,16,17);3H,1-2H3,(H,5,6)/t12-,13+,20+;6-,7+,12+;/m00./s1. The maximum Gasteiger partial charge on any atom is 0.312 e. The monoisotopic (exact) mass is 814 g/mol. The van der Waals surface area contributed by atoms with Crippen LogP contribution in [0.25, 0.3) is 22.3 Å². The number of halogens is 2. The van der Waals surface area contributed by atoms with Crippen LogP contribution in [-0.2, 0) is 33.3 Å². The molecule has 4 aromatic heterocycles. The van der Waals surface area contributed by atoms with Crippen LogP contribution in [0, 0.1) is 54.6 Å². The van der Waals surface area contributed by atoms with E-state index in [0.29, 0.717) is 0 Å². The van der Waals surface area contributed by atoms with Gasteiger partial charge in [0.2, 0.25) is 5.60 Å². The Labute approximate surface area is 330 Å². The molecule has 58 heavy (non-hydrogen) atoms. The number of rotatable bonds is 9. The normalized spacial score (nSPS) is 23.8. The number of aromatic nitrogens is 8. The number of fused-ring (bicyclic) bond motifs is 2. The van der Waals surface area contributed by atoms with E-state index in [-0.39, 0.29) is 65.2 Å². The van der Waals surface area contributed by atoms with Crippen molar-refractivity contribution in [3.63, 3.8) is 0 Å². The number of nitrogens with two attached hydrogens (primary N) is 2. The number of aliphatic hydroxyl groups excluding tert-OH is 2. The fourth-order valence-corrected chi connectivity index (χ4v) is 5.45. The average Bonchev–Trinajstić information content (AvgIpc) is 3.94. The number of nitrogen functional groups attached to an aromatic ring is 2. The third-order valence-corrected chi connectivity index (χ3v) is 8.90. The largest absolute Gasteiger partial charge is 0.481 e. The number of carbonyl (C=O) groups excluding carboxylic acids is 2. The molecule has 0 amide bonds. The zero-order valence-corrected chi connectivity index (χ0v) is 32.4. The molecule has 20 nitrogen and oxygen atoms in total. The lowest BCUT2D eigenvalue weighted by Gasteiger charge is -2.29. The van der Waals surface area contributed by atoms with Gasteiger partial charge in [0.25, 0.3) is 0 Å². The summed E-state index contributed by atoms with van der Waals surface area (Å²) in [6.45, 7) is 9.12. The van der Waals surface area contributed by atoms with Crippen molar-refractivity contribution in [2.24, 2.45) is 17.8 Å². The van der Waals surface area contributed by atoms with Crippen LogP contribution in [0.4, 0.5) is 20.4 Å². The van der Waals surface area contributed by atoms with Crippen molar-refractivity contribution < 1.29 is 57.4 Å². The summed E-state index contributed by atoms with van der Waals surface area (Å²) in [5.41, 5.74) is 8.87. The van der Waals surface area contributed by atoms with E-state index >= 15 is 0 Å².